The fraction of sp³-hybridized carbons (Fsp3) is 0.500. The predicted octanol–water partition coefficient (Wildman–Crippen LogP) is 3.46. The van der Waals surface area contributed by atoms with Crippen molar-refractivity contribution in [2.45, 2.75) is 24.9 Å². The van der Waals surface area contributed by atoms with E-state index < -0.39 is 0 Å². The van der Waals surface area contributed by atoms with Gasteiger partial charge in [-0.05, 0) is 55.0 Å². The maximum Gasteiger partial charge on any atom is 0.148 e. The van der Waals surface area contributed by atoms with Gasteiger partial charge < -0.3 is 10.1 Å². The number of benzene rings is 1. The van der Waals surface area contributed by atoms with Crippen molar-refractivity contribution in [2.75, 3.05) is 31.6 Å². The molecule has 1 aliphatic carbocycles. The summed E-state index contributed by atoms with van der Waals surface area (Å²) in [6.07, 6.45) is 2.35. The molecule has 7 heteroatoms. The molecule has 1 aromatic heterocycles. The predicted molar refractivity (Wildman–Crippen MR) is 102 cm³/mol. The van der Waals surface area contributed by atoms with Crippen molar-refractivity contribution in [3.63, 3.8) is 0 Å². The monoisotopic (exact) mass is 388 g/mol. The number of rotatable bonds is 4. The highest BCUT2D eigenvalue weighted by Gasteiger charge is 2.43. The molecular weight excluding hydrogens is 367 g/mol. The fourth-order valence-electron chi connectivity index (χ4n) is 4.64. The van der Waals surface area contributed by atoms with Crippen LogP contribution in [0.25, 0.3) is 11.3 Å². The molecule has 2 aliphatic heterocycles. The van der Waals surface area contributed by atoms with Gasteiger partial charge >= 0.3 is 0 Å². The number of nitrogens with zero attached hydrogens (tertiary/aromatic N) is 3. The molecule has 1 saturated carbocycles. The summed E-state index contributed by atoms with van der Waals surface area (Å²) in [6, 6.07) is 9.09. The zero-order chi connectivity index (χ0) is 18.4. The highest BCUT2D eigenvalue weighted by atomic mass is 35.5. The number of fused-ring (bicyclic) bond motifs is 1. The third-order valence-corrected chi connectivity index (χ3v) is 6.47. The fourth-order valence-corrected chi connectivity index (χ4v) is 4.86. The van der Waals surface area contributed by atoms with Crippen molar-refractivity contribution in [3.05, 3.63) is 41.2 Å². The minimum atomic E-state index is -0.335. The van der Waals surface area contributed by atoms with Gasteiger partial charge in [0.25, 0.3) is 0 Å². The third-order valence-electron chi connectivity index (χ3n) is 6.14. The molecule has 0 spiro atoms. The van der Waals surface area contributed by atoms with E-state index >= 15 is 0 Å². The molecule has 0 unspecified atom stereocenters. The van der Waals surface area contributed by atoms with Crippen LogP contribution in [0.5, 0.6) is 0 Å². The minimum absolute atomic E-state index is 0.335. The molecule has 27 heavy (non-hydrogen) atoms. The van der Waals surface area contributed by atoms with Crippen molar-refractivity contribution in [1.82, 2.24) is 15.1 Å². The number of hydrogen-bond donors (Lipinski definition) is 1. The van der Waals surface area contributed by atoms with Crippen LogP contribution in [0.15, 0.2) is 30.3 Å². The van der Waals surface area contributed by atoms with E-state index in [2.05, 4.69) is 20.4 Å². The Hall–Kier alpha value is -1.76. The van der Waals surface area contributed by atoms with Gasteiger partial charge in [-0.1, -0.05) is 11.6 Å². The van der Waals surface area contributed by atoms with E-state index in [1.165, 1.54) is 44.1 Å². The summed E-state index contributed by atoms with van der Waals surface area (Å²) in [6.45, 7) is 4.19. The number of halogens is 2. The van der Waals surface area contributed by atoms with Crippen LogP contribution in [0.1, 0.15) is 12.8 Å². The van der Waals surface area contributed by atoms with Gasteiger partial charge in [0.15, 0.2) is 0 Å². The van der Waals surface area contributed by atoms with Crippen molar-refractivity contribution < 1.29 is 9.13 Å². The van der Waals surface area contributed by atoms with Crippen molar-refractivity contribution in [3.8, 4) is 11.3 Å². The van der Waals surface area contributed by atoms with Crippen LogP contribution < -0.4 is 5.32 Å². The van der Waals surface area contributed by atoms with Crippen LogP contribution >= 0.6 is 11.6 Å². The van der Waals surface area contributed by atoms with Crippen molar-refractivity contribution >= 4 is 17.4 Å². The number of nitrogens with one attached hydrogen (secondary N) is 1. The lowest BCUT2D eigenvalue weighted by Crippen LogP contribution is -2.48. The second-order valence-electron chi connectivity index (χ2n) is 7.91. The van der Waals surface area contributed by atoms with E-state index in [0.717, 1.165) is 30.9 Å². The lowest BCUT2D eigenvalue weighted by molar-refractivity contribution is -0.0594. The second-order valence-corrected chi connectivity index (χ2v) is 8.31. The maximum atomic E-state index is 13.5. The number of ether oxygens (including phenoxy) is 1. The zero-order valence-electron chi connectivity index (χ0n) is 14.9. The highest BCUT2D eigenvalue weighted by molar-refractivity contribution is 6.33. The topological polar surface area (TPSA) is 50.3 Å². The lowest BCUT2D eigenvalue weighted by atomic mass is 10.0. The van der Waals surface area contributed by atoms with Gasteiger partial charge in [0.1, 0.15) is 11.6 Å². The molecule has 1 N–H and O–H groups in total. The van der Waals surface area contributed by atoms with Gasteiger partial charge in [-0.3, -0.25) is 4.90 Å². The first-order chi connectivity index (χ1) is 13.2. The van der Waals surface area contributed by atoms with Crippen LogP contribution in [-0.4, -0.2) is 53.5 Å². The first-order valence-electron chi connectivity index (χ1n) is 9.53. The Labute approximate surface area is 162 Å². The number of anilines is 1. The zero-order valence-corrected chi connectivity index (χ0v) is 15.7. The van der Waals surface area contributed by atoms with Crippen molar-refractivity contribution in [1.29, 1.82) is 0 Å². The molecule has 2 saturated heterocycles. The SMILES string of the molecule is Fc1ccc(Cl)c(-c2ccc(NC3C[C@@H]4CN(C5COC5)C[C@H]4C3)nn2)c1. The van der Waals surface area contributed by atoms with Gasteiger partial charge in [-0.2, -0.15) is 0 Å². The summed E-state index contributed by atoms with van der Waals surface area (Å²) in [5, 5.41) is 12.5. The number of hydrogen-bond acceptors (Lipinski definition) is 5. The summed E-state index contributed by atoms with van der Waals surface area (Å²) < 4.78 is 18.8. The van der Waals surface area contributed by atoms with E-state index in [0.29, 0.717) is 28.4 Å². The standard InChI is InChI=1S/C20H22ClFN4O/c21-18-2-1-14(22)7-17(18)19-3-4-20(25-24-19)23-15-5-12-8-26(9-13(12)6-15)16-10-27-11-16/h1-4,7,12-13,15-16H,5-6,8-11H2,(H,23,25)/t12-,13-/m1/s1. The molecule has 5 nitrogen and oxygen atoms in total. The maximum absolute atomic E-state index is 13.5. The van der Waals surface area contributed by atoms with Crippen molar-refractivity contribution in [2.24, 2.45) is 11.8 Å². The van der Waals surface area contributed by atoms with Gasteiger partial charge in [-0.15, -0.1) is 10.2 Å². The first-order valence-corrected chi connectivity index (χ1v) is 9.91. The molecular formula is C20H22ClFN4O. The Morgan fingerprint density at radius 1 is 1.07 bits per heavy atom. The average Bonchev–Trinajstić information content (AvgIpc) is 3.14. The first kappa shape index (κ1) is 17.3. The lowest BCUT2D eigenvalue weighted by Gasteiger charge is -2.35. The Morgan fingerprint density at radius 2 is 1.85 bits per heavy atom. The van der Waals surface area contributed by atoms with Crippen LogP contribution in [0.4, 0.5) is 10.2 Å². The van der Waals surface area contributed by atoms with E-state index in [4.69, 9.17) is 16.3 Å². The van der Waals surface area contributed by atoms with Gasteiger partial charge in [0, 0.05) is 24.7 Å². The van der Waals surface area contributed by atoms with E-state index in [-0.39, 0.29) is 5.82 Å². The molecule has 2 atom stereocenters. The molecule has 3 fully saturated rings. The van der Waals surface area contributed by atoms with E-state index in [9.17, 15) is 4.39 Å². The Kier molecular flexibility index (Phi) is 4.50. The molecule has 0 radical (unpaired) electrons. The Balaban J connectivity index is 1.21. The smallest absolute Gasteiger partial charge is 0.148 e. The Bertz CT molecular complexity index is 815. The summed E-state index contributed by atoms with van der Waals surface area (Å²) in [4.78, 5) is 2.60. The summed E-state index contributed by atoms with van der Waals surface area (Å²) >= 11 is 6.15. The van der Waals surface area contributed by atoms with Crippen LogP contribution in [0.2, 0.25) is 5.02 Å². The summed E-state index contributed by atoms with van der Waals surface area (Å²) in [5.74, 6) is 1.96. The summed E-state index contributed by atoms with van der Waals surface area (Å²) in [5.41, 5.74) is 1.14. The number of aromatic nitrogens is 2. The Morgan fingerprint density at radius 3 is 2.48 bits per heavy atom. The molecule has 1 aromatic carbocycles. The molecule has 5 rings (SSSR count). The van der Waals surface area contributed by atoms with E-state index in [1.807, 2.05) is 12.1 Å². The number of likely N-dealkylation sites (tertiary alicyclic amines) is 1. The quantitative estimate of drug-likeness (QED) is 0.869. The molecule has 0 bridgehead atoms. The van der Waals surface area contributed by atoms with Gasteiger partial charge in [-0.25, -0.2) is 4.39 Å². The molecule has 3 aliphatic rings. The average molecular weight is 389 g/mol. The highest BCUT2D eigenvalue weighted by Crippen LogP contribution is 2.40. The molecule has 0 amide bonds. The third kappa shape index (κ3) is 3.42. The summed E-state index contributed by atoms with van der Waals surface area (Å²) in [7, 11) is 0. The van der Waals surface area contributed by atoms with Gasteiger partial charge in [0.05, 0.1) is 30.0 Å². The largest absolute Gasteiger partial charge is 0.378 e. The molecule has 142 valence electrons. The van der Waals surface area contributed by atoms with Gasteiger partial charge in [0.2, 0.25) is 0 Å². The molecule has 3 heterocycles. The van der Waals surface area contributed by atoms with Crippen LogP contribution in [0, 0.1) is 17.7 Å². The molecule has 2 aromatic rings. The van der Waals surface area contributed by atoms with E-state index in [1.54, 1.807) is 0 Å². The van der Waals surface area contributed by atoms with Crippen LogP contribution in [0.3, 0.4) is 0 Å². The normalized spacial score (nSPS) is 26.1. The second kappa shape index (κ2) is 7.00. The van der Waals surface area contributed by atoms with Crippen LogP contribution in [-0.2, 0) is 4.74 Å². The minimum Gasteiger partial charge on any atom is -0.378 e.